The predicted molar refractivity (Wildman–Crippen MR) is 66.9 cm³/mol. The van der Waals surface area contributed by atoms with Crippen LogP contribution < -0.4 is 4.74 Å². The molecule has 0 atom stereocenters. The van der Waals surface area contributed by atoms with Gasteiger partial charge < -0.3 is 9.84 Å². The number of ether oxygens (including phenoxy) is 1. The third kappa shape index (κ3) is 3.25. The molecule has 0 saturated carbocycles. The van der Waals surface area contributed by atoms with Gasteiger partial charge in [-0.2, -0.15) is 0 Å². The molecule has 2 heterocycles. The normalized spacial score (nSPS) is 10.3. The first-order valence-corrected chi connectivity index (χ1v) is 5.83. The number of halogens is 1. The summed E-state index contributed by atoms with van der Waals surface area (Å²) < 4.78 is 6.41. The molecule has 4 nitrogen and oxygen atoms in total. The van der Waals surface area contributed by atoms with Crippen molar-refractivity contribution in [2.24, 2.45) is 0 Å². The summed E-state index contributed by atoms with van der Waals surface area (Å²) >= 11 is 3.32. The molecule has 0 amide bonds. The highest BCUT2D eigenvalue weighted by molar-refractivity contribution is 9.10. The average Bonchev–Trinajstić information content (AvgIpc) is 2.28. The van der Waals surface area contributed by atoms with E-state index >= 15 is 0 Å². The molecular formula is C12H11BrN2O2. The molecule has 5 heteroatoms. The Labute approximate surface area is 107 Å². The molecule has 2 aromatic heterocycles. The Kier molecular flexibility index (Phi) is 3.71. The van der Waals surface area contributed by atoms with Crippen LogP contribution in [0.15, 0.2) is 35.1 Å². The third-order valence-corrected chi connectivity index (χ3v) is 2.51. The fourth-order valence-corrected chi connectivity index (χ4v) is 1.76. The molecular weight excluding hydrogens is 284 g/mol. The van der Waals surface area contributed by atoms with Gasteiger partial charge in [0, 0.05) is 22.4 Å². The lowest BCUT2D eigenvalue weighted by atomic mass is 10.2. The molecule has 0 aliphatic heterocycles. The van der Waals surface area contributed by atoms with Crippen molar-refractivity contribution >= 4 is 15.9 Å². The lowest BCUT2D eigenvalue weighted by Crippen LogP contribution is -1.94. The number of pyridine rings is 2. The van der Waals surface area contributed by atoms with Crippen LogP contribution in [0.3, 0.4) is 0 Å². The van der Waals surface area contributed by atoms with Gasteiger partial charge in [0.1, 0.15) is 5.75 Å². The van der Waals surface area contributed by atoms with Crippen molar-refractivity contribution in [3.05, 3.63) is 46.3 Å². The Morgan fingerprint density at radius 1 is 1.29 bits per heavy atom. The summed E-state index contributed by atoms with van der Waals surface area (Å²) in [5.74, 6) is 1.05. The van der Waals surface area contributed by atoms with Gasteiger partial charge in [0.05, 0.1) is 12.8 Å². The highest BCUT2D eigenvalue weighted by atomic mass is 79.9. The minimum atomic E-state index is -0.0313. The number of aryl methyl sites for hydroxylation is 1. The quantitative estimate of drug-likeness (QED) is 0.946. The van der Waals surface area contributed by atoms with E-state index < -0.39 is 0 Å². The van der Waals surface area contributed by atoms with Gasteiger partial charge in [0.15, 0.2) is 0 Å². The fraction of sp³-hybridized carbons (Fsp3) is 0.167. The molecule has 0 saturated heterocycles. The summed E-state index contributed by atoms with van der Waals surface area (Å²) in [5.41, 5.74) is 1.57. The average molecular weight is 295 g/mol. The maximum atomic E-state index is 9.09. The molecule has 0 bridgehead atoms. The zero-order chi connectivity index (χ0) is 12.3. The number of aliphatic hydroxyl groups excluding tert-OH is 1. The van der Waals surface area contributed by atoms with Crippen molar-refractivity contribution in [2.45, 2.75) is 13.5 Å². The zero-order valence-corrected chi connectivity index (χ0v) is 10.8. The Balaban J connectivity index is 2.26. The molecule has 2 aromatic rings. The van der Waals surface area contributed by atoms with Crippen LogP contribution in [0, 0.1) is 6.92 Å². The number of nitrogens with zero attached hydrogens (tertiary/aromatic N) is 2. The molecule has 0 radical (unpaired) electrons. The molecule has 0 fully saturated rings. The van der Waals surface area contributed by atoms with Crippen molar-refractivity contribution < 1.29 is 9.84 Å². The Morgan fingerprint density at radius 3 is 2.82 bits per heavy atom. The van der Waals surface area contributed by atoms with Gasteiger partial charge in [-0.1, -0.05) is 0 Å². The topological polar surface area (TPSA) is 55.2 Å². The minimum Gasteiger partial charge on any atom is -0.437 e. The van der Waals surface area contributed by atoms with Crippen LogP contribution in [0.4, 0.5) is 0 Å². The number of aromatic nitrogens is 2. The Hall–Kier alpha value is -1.46. The second-order valence-corrected chi connectivity index (χ2v) is 4.47. The van der Waals surface area contributed by atoms with Gasteiger partial charge >= 0.3 is 0 Å². The first-order valence-electron chi connectivity index (χ1n) is 5.04. The van der Waals surface area contributed by atoms with Crippen LogP contribution in [0.2, 0.25) is 0 Å². The maximum absolute atomic E-state index is 9.09. The lowest BCUT2D eigenvalue weighted by molar-refractivity contribution is 0.281. The number of aliphatic hydroxyl groups is 1. The van der Waals surface area contributed by atoms with Gasteiger partial charge in [-0.3, -0.25) is 4.98 Å². The fourth-order valence-electron chi connectivity index (χ4n) is 1.42. The van der Waals surface area contributed by atoms with Crippen molar-refractivity contribution in [2.75, 3.05) is 0 Å². The van der Waals surface area contributed by atoms with Crippen molar-refractivity contribution in [3.63, 3.8) is 0 Å². The minimum absolute atomic E-state index is 0.0313. The van der Waals surface area contributed by atoms with Gasteiger partial charge in [0.2, 0.25) is 5.88 Å². The molecule has 0 aliphatic carbocycles. The predicted octanol–water partition coefficient (Wildman–Crippen LogP) is 2.83. The Bertz CT molecular complexity index is 532. The summed E-state index contributed by atoms with van der Waals surface area (Å²) in [6, 6.07) is 5.32. The van der Waals surface area contributed by atoms with Gasteiger partial charge in [0.25, 0.3) is 0 Å². The second kappa shape index (κ2) is 5.25. The highest BCUT2D eigenvalue weighted by Gasteiger charge is 2.03. The molecule has 0 unspecified atom stereocenters. The van der Waals surface area contributed by atoms with E-state index in [0.29, 0.717) is 11.6 Å². The Morgan fingerprint density at radius 2 is 2.12 bits per heavy atom. The van der Waals surface area contributed by atoms with Gasteiger partial charge in [-0.15, -0.1) is 0 Å². The monoisotopic (exact) mass is 294 g/mol. The number of hydrogen-bond acceptors (Lipinski definition) is 4. The summed E-state index contributed by atoms with van der Waals surface area (Å²) in [6.07, 6.45) is 3.28. The van der Waals surface area contributed by atoms with E-state index in [1.165, 1.54) is 0 Å². The summed E-state index contributed by atoms with van der Waals surface area (Å²) in [6.45, 7) is 1.82. The second-order valence-electron chi connectivity index (χ2n) is 3.55. The molecule has 0 aromatic carbocycles. The lowest BCUT2D eigenvalue weighted by Gasteiger charge is -2.07. The first-order chi connectivity index (χ1) is 8.17. The van der Waals surface area contributed by atoms with E-state index in [0.717, 1.165) is 15.7 Å². The van der Waals surface area contributed by atoms with Crippen LogP contribution in [0.1, 0.15) is 11.3 Å². The van der Waals surface area contributed by atoms with E-state index in [-0.39, 0.29) is 6.61 Å². The van der Waals surface area contributed by atoms with Crippen molar-refractivity contribution in [1.29, 1.82) is 0 Å². The van der Waals surface area contributed by atoms with Crippen LogP contribution in [-0.2, 0) is 6.61 Å². The number of hydrogen-bond donors (Lipinski definition) is 1. The van der Waals surface area contributed by atoms with E-state index in [1.54, 1.807) is 24.5 Å². The van der Waals surface area contributed by atoms with E-state index in [2.05, 4.69) is 25.9 Å². The van der Waals surface area contributed by atoms with Gasteiger partial charge in [-0.25, -0.2) is 4.98 Å². The van der Waals surface area contributed by atoms with E-state index in [4.69, 9.17) is 9.84 Å². The summed E-state index contributed by atoms with van der Waals surface area (Å²) in [4.78, 5) is 8.23. The van der Waals surface area contributed by atoms with Crippen molar-refractivity contribution in [3.8, 4) is 11.6 Å². The maximum Gasteiger partial charge on any atom is 0.219 e. The van der Waals surface area contributed by atoms with E-state index in [9.17, 15) is 0 Å². The molecule has 1 N–H and O–H groups in total. The van der Waals surface area contributed by atoms with Crippen LogP contribution >= 0.6 is 15.9 Å². The van der Waals surface area contributed by atoms with Crippen molar-refractivity contribution in [1.82, 2.24) is 9.97 Å². The van der Waals surface area contributed by atoms with Crippen LogP contribution in [0.5, 0.6) is 11.6 Å². The number of rotatable bonds is 3. The highest BCUT2D eigenvalue weighted by Crippen LogP contribution is 2.22. The summed E-state index contributed by atoms with van der Waals surface area (Å²) in [7, 11) is 0. The standard InChI is InChI=1S/C12H11BrN2O2/c1-8-2-9(7-16)3-12(15-8)17-11-4-10(13)5-14-6-11/h2-6,16H,7H2,1H3. The zero-order valence-electron chi connectivity index (χ0n) is 9.22. The molecule has 17 heavy (non-hydrogen) atoms. The smallest absolute Gasteiger partial charge is 0.219 e. The van der Waals surface area contributed by atoms with Crippen LogP contribution in [0.25, 0.3) is 0 Å². The molecule has 88 valence electrons. The largest absolute Gasteiger partial charge is 0.437 e. The molecule has 0 spiro atoms. The third-order valence-electron chi connectivity index (χ3n) is 2.07. The summed E-state index contributed by atoms with van der Waals surface area (Å²) in [5, 5.41) is 9.09. The van der Waals surface area contributed by atoms with Gasteiger partial charge in [-0.05, 0) is 40.5 Å². The molecule has 0 aliphatic rings. The SMILES string of the molecule is Cc1cc(CO)cc(Oc2cncc(Br)c2)n1. The molecule has 2 rings (SSSR count). The van der Waals surface area contributed by atoms with E-state index in [1.807, 2.05) is 13.0 Å². The first kappa shape index (κ1) is 12.0. The van der Waals surface area contributed by atoms with Crippen LogP contribution in [-0.4, -0.2) is 15.1 Å².